The molecule has 0 saturated carbocycles. The Bertz CT molecular complexity index is 279. The lowest BCUT2D eigenvalue weighted by Gasteiger charge is -2.41. The van der Waals surface area contributed by atoms with Crippen LogP contribution in [-0.4, -0.2) is 54.3 Å². The Morgan fingerprint density at radius 2 is 2.26 bits per heavy atom. The molecule has 112 valence electrons. The van der Waals surface area contributed by atoms with Crippen molar-refractivity contribution in [3.63, 3.8) is 0 Å². The SMILES string of the molecule is CC(C)C(N)CCN(C)C1CCOC2(CCSC2)C1. The van der Waals surface area contributed by atoms with Gasteiger partial charge < -0.3 is 15.4 Å². The number of nitrogens with zero attached hydrogens (tertiary/aromatic N) is 1. The Labute approximate surface area is 122 Å². The van der Waals surface area contributed by atoms with E-state index in [1.165, 1.54) is 30.8 Å². The smallest absolute Gasteiger partial charge is 0.0795 e. The van der Waals surface area contributed by atoms with Crippen LogP contribution in [0.1, 0.15) is 39.5 Å². The van der Waals surface area contributed by atoms with Gasteiger partial charge in [0, 0.05) is 24.4 Å². The summed E-state index contributed by atoms with van der Waals surface area (Å²) in [5.74, 6) is 3.05. The number of nitrogens with two attached hydrogens (primary N) is 1. The molecule has 3 unspecified atom stereocenters. The first-order chi connectivity index (χ1) is 9.02. The van der Waals surface area contributed by atoms with Gasteiger partial charge in [0.15, 0.2) is 0 Å². The average Bonchev–Trinajstić information content (AvgIpc) is 2.83. The van der Waals surface area contributed by atoms with E-state index in [0.29, 0.717) is 18.0 Å². The number of thioether (sulfide) groups is 1. The van der Waals surface area contributed by atoms with Crippen molar-refractivity contribution in [2.45, 2.75) is 57.2 Å². The van der Waals surface area contributed by atoms with Crippen molar-refractivity contribution in [2.75, 3.05) is 31.7 Å². The maximum Gasteiger partial charge on any atom is 0.0795 e. The summed E-state index contributed by atoms with van der Waals surface area (Å²) in [6.45, 7) is 6.48. The van der Waals surface area contributed by atoms with Gasteiger partial charge in [-0.15, -0.1) is 0 Å². The molecule has 2 N–H and O–H groups in total. The third-order valence-corrected chi connectivity index (χ3v) is 6.05. The predicted octanol–water partition coefficient (Wildman–Crippen LogP) is 2.35. The zero-order valence-electron chi connectivity index (χ0n) is 12.7. The van der Waals surface area contributed by atoms with Crippen LogP contribution in [0.25, 0.3) is 0 Å². The molecule has 4 heteroatoms. The van der Waals surface area contributed by atoms with Gasteiger partial charge in [0.25, 0.3) is 0 Å². The highest BCUT2D eigenvalue weighted by Crippen LogP contribution is 2.39. The summed E-state index contributed by atoms with van der Waals surface area (Å²) in [5, 5.41) is 0. The van der Waals surface area contributed by atoms with E-state index >= 15 is 0 Å². The minimum Gasteiger partial charge on any atom is -0.374 e. The van der Waals surface area contributed by atoms with E-state index in [1.807, 2.05) is 0 Å². The van der Waals surface area contributed by atoms with E-state index in [1.54, 1.807) is 0 Å². The molecule has 19 heavy (non-hydrogen) atoms. The fourth-order valence-corrected chi connectivity index (χ4v) is 4.49. The molecular formula is C15H30N2OS. The van der Waals surface area contributed by atoms with Crippen molar-refractivity contribution in [3.05, 3.63) is 0 Å². The summed E-state index contributed by atoms with van der Waals surface area (Å²) >= 11 is 2.05. The lowest BCUT2D eigenvalue weighted by molar-refractivity contribution is -0.0866. The molecule has 0 aromatic rings. The summed E-state index contributed by atoms with van der Waals surface area (Å²) in [6, 6.07) is 1.02. The van der Waals surface area contributed by atoms with Gasteiger partial charge in [-0.2, -0.15) is 11.8 Å². The van der Waals surface area contributed by atoms with E-state index < -0.39 is 0 Å². The van der Waals surface area contributed by atoms with Crippen LogP contribution in [0.4, 0.5) is 0 Å². The normalized spacial score (nSPS) is 33.5. The van der Waals surface area contributed by atoms with Crippen molar-refractivity contribution in [2.24, 2.45) is 11.7 Å². The monoisotopic (exact) mass is 286 g/mol. The minimum atomic E-state index is 0.196. The standard InChI is InChI=1S/C15H30N2OS/c1-12(2)14(16)4-7-17(3)13-5-8-18-15(10-13)6-9-19-11-15/h12-14H,4-11,16H2,1-3H3. The van der Waals surface area contributed by atoms with Gasteiger partial charge in [-0.3, -0.25) is 0 Å². The second-order valence-electron chi connectivity index (χ2n) is 6.66. The molecule has 2 saturated heterocycles. The van der Waals surface area contributed by atoms with Gasteiger partial charge in [-0.05, 0) is 50.9 Å². The van der Waals surface area contributed by atoms with Crippen LogP contribution in [0.15, 0.2) is 0 Å². The van der Waals surface area contributed by atoms with Crippen LogP contribution in [0.2, 0.25) is 0 Å². The van der Waals surface area contributed by atoms with Crippen molar-refractivity contribution in [3.8, 4) is 0 Å². The molecule has 1 spiro atoms. The first-order valence-corrected chi connectivity index (χ1v) is 8.85. The number of hydrogen-bond donors (Lipinski definition) is 1. The van der Waals surface area contributed by atoms with Crippen LogP contribution >= 0.6 is 11.8 Å². The summed E-state index contributed by atoms with van der Waals surface area (Å²) in [5.41, 5.74) is 6.35. The third kappa shape index (κ3) is 4.10. The summed E-state index contributed by atoms with van der Waals surface area (Å²) in [4.78, 5) is 2.52. The molecule has 0 aromatic heterocycles. The average molecular weight is 286 g/mol. The van der Waals surface area contributed by atoms with Crippen molar-refractivity contribution in [1.82, 2.24) is 4.90 Å². The highest BCUT2D eigenvalue weighted by Gasteiger charge is 2.41. The van der Waals surface area contributed by atoms with E-state index in [0.717, 1.165) is 19.6 Å². The van der Waals surface area contributed by atoms with Crippen LogP contribution in [-0.2, 0) is 4.74 Å². The predicted molar refractivity (Wildman–Crippen MR) is 83.7 cm³/mol. The quantitative estimate of drug-likeness (QED) is 0.842. The zero-order chi connectivity index (χ0) is 13.9. The van der Waals surface area contributed by atoms with E-state index in [4.69, 9.17) is 10.5 Å². The summed E-state index contributed by atoms with van der Waals surface area (Å²) in [6.07, 6.45) is 4.74. The van der Waals surface area contributed by atoms with Gasteiger partial charge in [0.1, 0.15) is 0 Å². The molecule has 0 aliphatic carbocycles. The Kier molecular flexibility index (Phi) is 5.58. The highest BCUT2D eigenvalue weighted by atomic mass is 32.2. The molecule has 2 fully saturated rings. The lowest BCUT2D eigenvalue weighted by atomic mass is 9.89. The Balaban J connectivity index is 1.80. The van der Waals surface area contributed by atoms with E-state index in [2.05, 4.69) is 37.6 Å². The van der Waals surface area contributed by atoms with Gasteiger partial charge in [-0.25, -0.2) is 0 Å². The molecule has 2 aliphatic heterocycles. The van der Waals surface area contributed by atoms with Crippen LogP contribution < -0.4 is 5.73 Å². The lowest BCUT2D eigenvalue weighted by Crippen LogP contribution is -2.48. The molecule has 0 radical (unpaired) electrons. The maximum absolute atomic E-state index is 6.16. The maximum atomic E-state index is 6.16. The molecule has 0 amide bonds. The summed E-state index contributed by atoms with van der Waals surface area (Å²) < 4.78 is 6.10. The molecule has 2 rings (SSSR count). The first-order valence-electron chi connectivity index (χ1n) is 7.70. The molecule has 3 nitrogen and oxygen atoms in total. The fourth-order valence-electron chi connectivity index (χ4n) is 3.11. The molecule has 3 atom stereocenters. The number of hydrogen-bond acceptors (Lipinski definition) is 4. The van der Waals surface area contributed by atoms with Crippen LogP contribution in [0.5, 0.6) is 0 Å². The molecule has 2 heterocycles. The molecule has 2 aliphatic rings. The highest BCUT2D eigenvalue weighted by molar-refractivity contribution is 7.99. The molecule has 0 bridgehead atoms. The first kappa shape index (κ1) is 15.6. The Hall–Kier alpha value is 0.230. The van der Waals surface area contributed by atoms with Gasteiger partial charge in [0.05, 0.1) is 5.60 Å². The second-order valence-corrected chi connectivity index (χ2v) is 7.76. The van der Waals surface area contributed by atoms with Crippen molar-refractivity contribution < 1.29 is 4.74 Å². The second kappa shape index (κ2) is 6.79. The van der Waals surface area contributed by atoms with Crippen molar-refractivity contribution in [1.29, 1.82) is 0 Å². The van der Waals surface area contributed by atoms with Crippen LogP contribution in [0.3, 0.4) is 0 Å². The number of ether oxygens (including phenoxy) is 1. The summed E-state index contributed by atoms with van der Waals surface area (Å²) in [7, 11) is 2.26. The van der Waals surface area contributed by atoms with E-state index in [-0.39, 0.29) is 5.60 Å². The van der Waals surface area contributed by atoms with Gasteiger partial charge in [-0.1, -0.05) is 13.8 Å². The largest absolute Gasteiger partial charge is 0.374 e. The van der Waals surface area contributed by atoms with Crippen LogP contribution in [0, 0.1) is 5.92 Å². The van der Waals surface area contributed by atoms with Crippen molar-refractivity contribution >= 4 is 11.8 Å². The minimum absolute atomic E-state index is 0.196. The van der Waals surface area contributed by atoms with Gasteiger partial charge >= 0.3 is 0 Å². The Morgan fingerprint density at radius 1 is 1.47 bits per heavy atom. The molecular weight excluding hydrogens is 256 g/mol. The number of rotatable bonds is 5. The fraction of sp³-hybridized carbons (Fsp3) is 1.00. The third-order valence-electron chi connectivity index (χ3n) is 4.83. The van der Waals surface area contributed by atoms with Gasteiger partial charge in [0.2, 0.25) is 0 Å². The molecule has 0 aromatic carbocycles. The zero-order valence-corrected chi connectivity index (χ0v) is 13.5. The topological polar surface area (TPSA) is 38.5 Å². The Morgan fingerprint density at radius 3 is 2.89 bits per heavy atom. The van der Waals surface area contributed by atoms with E-state index in [9.17, 15) is 0 Å².